The Balaban J connectivity index is 1.87. The molecule has 2 rings (SSSR count). The summed E-state index contributed by atoms with van der Waals surface area (Å²) in [5, 5.41) is 10.3. The van der Waals surface area contributed by atoms with Crippen LogP contribution >= 0.6 is 11.8 Å². The first kappa shape index (κ1) is 14.9. The van der Waals surface area contributed by atoms with E-state index in [1.165, 1.54) is 29.1 Å². The molecule has 0 radical (unpaired) electrons. The van der Waals surface area contributed by atoms with E-state index in [0.717, 1.165) is 18.5 Å². The van der Waals surface area contributed by atoms with E-state index in [0.29, 0.717) is 6.04 Å². The van der Waals surface area contributed by atoms with Crippen LogP contribution < -0.4 is 0 Å². The number of aliphatic hydroxyl groups excluding tert-OH is 1. The fraction of sp³-hybridized carbons (Fsp3) is 0.625. The SMILES string of the molecule is Cc1cc(C)cc(C(O)CCN(C)C2CCSC2)c1. The lowest BCUT2D eigenvalue weighted by molar-refractivity contribution is 0.140. The number of benzene rings is 1. The molecule has 1 aliphatic rings. The molecule has 2 unspecified atom stereocenters. The summed E-state index contributed by atoms with van der Waals surface area (Å²) in [6.07, 6.45) is 1.77. The summed E-state index contributed by atoms with van der Waals surface area (Å²) in [6, 6.07) is 7.06. The van der Waals surface area contributed by atoms with Crippen LogP contribution in [0.15, 0.2) is 18.2 Å². The van der Waals surface area contributed by atoms with Crippen molar-refractivity contribution in [1.29, 1.82) is 0 Å². The zero-order valence-electron chi connectivity index (χ0n) is 12.2. The fourth-order valence-corrected chi connectivity index (χ4v) is 4.05. The van der Waals surface area contributed by atoms with E-state index in [4.69, 9.17) is 0 Å². The summed E-state index contributed by atoms with van der Waals surface area (Å²) in [7, 11) is 2.19. The second kappa shape index (κ2) is 6.78. The molecule has 2 atom stereocenters. The first-order valence-corrected chi connectivity index (χ1v) is 8.26. The number of nitrogens with zero attached hydrogens (tertiary/aromatic N) is 1. The maximum absolute atomic E-state index is 10.3. The van der Waals surface area contributed by atoms with Gasteiger partial charge in [0.2, 0.25) is 0 Å². The molecule has 106 valence electrons. The van der Waals surface area contributed by atoms with Gasteiger partial charge in [0.15, 0.2) is 0 Å². The third kappa shape index (κ3) is 4.23. The van der Waals surface area contributed by atoms with Crippen LogP contribution in [0.5, 0.6) is 0 Å². The minimum atomic E-state index is -0.338. The monoisotopic (exact) mass is 279 g/mol. The molecule has 1 aliphatic heterocycles. The fourth-order valence-electron chi connectivity index (χ4n) is 2.75. The average Bonchev–Trinajstić information content (AvgIpc) is 2.88. The van der Waals surface area contributed by atoms with Crippen molar-refractivity contribution in [1.82, 2.24) is 4.90 Å². The molecule has 19 heavy (non-hydrogen) atoms. The summed E-state index contributed by atoms with van der Waals surface area (Å²) >= 11 is 2.04. The maximum Gasteiger partial charge on any atom is 0.0802 e. The summed E-state index contributed by atoms with van der Waals surface area (Å²) in [5.74, 6) is 2.53. The van der Waals surface area contributed by atoms with Gasteiger partial charge >= 0.3 is 0 Å². The van der Waals surface area contributed by atoms with E-state index in [1.807, 2.05) is 11.8 Å². The van der Waals surface area contributed by atoms with Crippen molar-refractivity contribution in [3.05, 3.63) is 34.9 Å². The van der Waals surface area contributed by atoms with Crippen LogP contribution in [0.3, 0.4) is 0 Å². The summed E-state index contributed by atoms with van der Waals surface area (Å²) in [4.78, 5) is 2.41. The van der Waals surface area contributed by atoms with Gasteiger partial charge in [-0.05, 0) is 45.1 Å². The smallest absolute Gasteiger partial charge is 0.0802 e. The number of hydrogen-bond acceptors (Lipinski definition) is 3. The van der Waals surface area contributed by atoms with E-state index >= 15 is 0 Å². The van der Waals surface area contributed by atoms with E-state index in [1.54, 1.807) is 0 Å². The van der Waals surface area contributed by atoms with E-state index in [2.05, 4.69) is 44.0 Å². The molecule has 0 aromatic heterocycles. The Bertz CT molecular complexity index is 395. The van der Waals surface area contributed by atoms with Crippen molar-refractivity contribution in [3.63, 3.8) is 0 Å². The minimum Gasteiger partial charge on any atom is -0.388 e. The summed E-state index contributed by atoms with van der Waals surface area (Å²) in [5.41, 5.74) is 3.52. The first-order chi connectivity index (χ1) is 9.06. The van der Waals surface area contributed by atoms with Gasteiger partial charge in [-0.25, -0.2) is 0 Å². The van der Waals surface area contributed by atoms with Crippen molar-refractivity contribution >= 4 is 11.8 Å². The van der Waals surface area contributed by atoms with Gasteiger partial charge in [-0.1, -0.05) is 29.3 Å². The lowest BCUT2D eigenvalue weighted by Crippen LogP contribution is -2.32. The Morgan fingerprint density at radius 1 is 1.32 bits per heavy atom. The summed E-state index contributed by atoms with van der Waals surface area (Å²) in [6.45, 7) is 5.15. The van der Waals surface area contributed by atoms with Crippen molar-refractivity contribution in [2.75, 3.05) is 25.1 Å². The molecule has 1 fully saturated rings. The third-order valence-electron chi connectivity index (χ3n) is 3.91. The minimum absolute atomic E-state index is 0.338. The second-order valence-corrected chi connectivity index (χ2v) is 6.87. The quantitative estimate of drug-likeness (QED) is 0.895. The Morgan fingerprint density at radius 2 is 2.00 bits per heavy atom. The summed E-state index contributed by atoms with van der Waals surface area (Å²) < 4.78 is 0. The molecule has 0 amide bonds. The van der Waals surface area contributed by atoms with Crippen LogP contribution in [0.25, 0.3) is 0 Å². The van der Waals surface area contributed by atoms with Crippen LogP contribution in [0.2, 0.25) is 0 Å². The van der Waals surface area contributed by atoms with Gasteiger partial charge in [0.05, 0.1) is 6.10 Å². The molecule has 1 saturated heterocycles. The molecule has 0 bridgehead atoms. The average molecular weight is 279 g/mol. The standard InChI is InChI=1S/C16H25NOS/c1-12-8-13(2)10-14(9-12)16(18)4-6-17(3)15-5-7-19-11-15/h8-10,15-16,18H,4-7,11H2,1-3H3. The molecule has 0 aliphatic carbocycles. The van der Waals surface area contributed by atoms with Crippen LogP contribution in [-0.4, -0.2) is 41.1 Å². The van der Waals surface area contributed by atoms with Crippen molar-refractivity contribution in [2.24, 2.45) is 0 Å². The molecule has 3 heteroatoms. The van der Waals surface area contributed by atoms with Gasteiger partial charge in [-0.2, -0.15) is 11.8 Å². The first-order valence-electron chi connectivity index (χ1n) is 7.10. The van der Waals surface area contributed by atoms with Gasteiger partial charge in [0, 0.05) is 18.3 Å². The van der Waals surface area contributed by atoms with Crippen LogP contribution in [0.4, 0.5) is 0 Å². The maximum atomic E-state index is 10.3. The molecule has 0 saturated carbocycles. The number of aliphatic hydroxyl groups is 1. The Morgan fingerprint density at radius 3 is 2.58 bits per heavy atom. The normalized spacial score (nSPS) is 21.0. The predicted molar refractivity (Wildman–Crippen MR) is 83.9 cm³/mol. The van der Waals surface area contributed by atoms with Gasteiger partial charge in [0.1, 0.15) is 0 Å². The van der Waals surface area contributed by atoms with Crippen molar-refractivity contribution in [2.45, 2.75) is 38.8 Å². The third-order valence-corrected chi connectivity index (χ3v) is 5.06. The van der Waals surface area contributed by atoms with Crippen LogP contribution in [0, 0.1) is 13.8 Å². The topological polar surface area (TPSA) is 23.5 Å². The zero-order valence-corrected chi connectivity index (χ0v) is 13.0. The highest BCUT2D eigenvalue weighted by molar-refractivity contribution is 7.99. The van der Waals surface area contributed by atoms with Crippen LogP contribution in [-0.2, 0) is 0 Å². The van der Waals surface area contributed by atoms with Gasteiger partial charge < -0.3 is 10.0 Å². The molecule has 2 nitrogen and oxygen atoms in total. The van der Waals surface area contributed by atoms with Gasteiger partial charge in [0.25, 0.3) is 0 Å². The lowest BCUT2D eigenvalue weighted by atomic mass is 10.0. The molecule has 1 aromatic carbocycles. The molecule has 1 heterocycles. The Kier molecular flexibility index (Phi) is 5.31. The molecule has 1 aromatic rings. The number of thioether (sulfide) groups is 1. The van der Waals surface area contributed by atoms with Gasteiger partial charge in [-0.3, -0.25) is 0 Å². The van der Waals surface area contributed by atoms with Crippen LogP contribution in [0.1, 0.15) is 35.6 Å². The molecule has 0 spiro atoms. The zero-order chi connectivity index (χ0) is 13.8. The lowest BCUT2D eigenvalue weighted by Gasteiger charge is -2.24. The highest BCUT2D eigenvalue weighted by atomic mass is 32.2. The Hall–Kier alpha value is -0.510. The van der Waals surface area contributed by atoms with E-state index in [-0.39, 0.29) is 6.10 Å². The predicted octanol–water partition coefficient (Wildman–Crippen LogP) is 3.16. The molecular formula is C16H25NOS. The van der Waals surface area contributed by atoms with Crippen molar-refractivity contribution in [3.8, 4) is 0 Å². The number of aryl methyl sites for hydroxylation is 2. The number of rotatable bonds is 5. The van der Waals surface area contributed by atoms with Crippen molar-refractivity contribution < 1.29 is 5.11 Å². The van der Waals surface area contributed by atoms with E-state index < -0.39 is 0 Å². The number of hydrogen-bond donors (Lipinski definition) is 1. The highest BCUT2D eigenvalue weighted by Gasteiger charge is 2.20. The highest BCUT2D eigenvalue weighted by Crippen LogP contribution is 2.24. The Labute approximate surface area is 121 Å². The second-order valence-electron chi connectivity index (χ2n) is 5.72. The largest absolute Gasteiger partial charge is 0.388 e. The van der Waals surface area contributed by atoms with Gasteiger partial charge in [-0.15, -0.1) is 0 Å². The molecular weight excluding hydrogens is 254 g/mol. The molecule has 1 N–H and O–H groups in total. The van der Waals surface area contributed by atoms with E-state index in [9.17, 15) is 5.11 Å².